The van der Waals surface area contributed by atoms with E-state index in [-0.39, 0.29) is 54.8 Å². The molecule has 3 atom stereocenters. The first-order valence-electron chi connectivity index (χ1n) is 12.8. The Labute approximate surface area is 225 Å². The highest BCUT2D eigenvalue weighted by molar-refractivity contribution is 5.77. The molecule has 2 unspecified atom stereocenters. The lowest BCUT2D eigenvalue weighted by molar-refractivity contribution is -0.139. The lowest BCUT2D eigenvalue weighted by Crippen LogP contribution is -2.40. The molecule has 0 aromatic heterocycles. The molecule has 214 valence electrons. The van der Waals surface area contributed by atoms with Gasteiger partial charge in [-0.05, 0) is 40.9 Å². The molecule has 0 heterocycles. The van der Waals surface area contributed by atoms with Gasteiger partial charge >= 0.3 is 24.1 Å². The molecule has 1 rings (SSSR count). The first-order valence-corrected chi connectivity index (χ1v) is 12.8. The molecule has 0 aliphatic rings. The number of nitrogens with two attached hydrogens (primary N) is 1. The van der Waals surface area contributed by atoms with Crippen LogP contribution in [-0.2, 0) is 23.9 Å². The number of hydrogen-bond donors (Lipinski definition) is 2. The van der Waals surface area contributed by atoms with E-state index in [4.69, 9.17) is 24.7 Å². The Morgan fingerprint density at radius 1 is 0.868 bits per heavy atom. The number of aliphatic carboxylic acids is 1. The second-order valence-electron chi connectivity index (χ2n) is 11.6. The predicted octanol–water partition coefficient (Wildman–Crippen LogP) is 4.92. The van der Waals surface area contributed by atoms with Crippen molar-refractivity contribution in [1.29, 1.82) is 0 Å². The summed E-state index contributed by atoms with van der Waals surface area (Å²) in [4.78, 5) is 48.7. The third kappa shape index (κ3) is 11.9. The van der Waals surface area contributed by atoms with Gasteiger partial charge in [0.15, 0.2) is 11.5 Å². The maximum absolute atomic E-state index is 12.5. The number of rotatable bonds is 13. The quantitative estimate of drug-likeness (QED) is 0.262. The van der Waals surface area contributed by atoms with Crippen LogP contribution in [-0.4, -0.2) is 48.4 Å². The number of ether oxygens (including phenoxy) is 4. The van der Waals surface area contributed by atoms with Gasteiger partial charge in [0.25, 0.3) is 0 Å². The molecule has 0 radical (unpaired) electrons. The molecule has 10 nitrogen and oxygen atoms in total. The molecule has 0 amide bonds. The van der Waals surface area contributed by atoms with Crippen LogP contribution in [0, 0.1) is 23.2 Å². The topological polar surface area (TPSA) is 151 Å². The van der Waals surface area contributed by atoms with Crippen LogP contribution in [0.1, 0.15) is 79.7 Å². The van der Waals surface area contributed by atoms with Gasteiger partial charge in [0.05, 0.1) is 13.2 Å². The average molecular weight is 538 g/mol. The summed E-state index contributed by atoms with van der Waals surface area (Å²) < 4.78 is 21.3. The number of carbonyl (C=O) groups excluding carboxylic acids is 3. The zero-order valence-electron chi connectivity index (χ0n) is 23.7. The van der Waals surface area contributed by atoms with Crippen molar-refractivity contribution in [2.75, 3.05) is 13.2 Å². The summed E-state index contributed by atoms with van der Waals surface area (Å²) in [5, 5.41) is 9.67. The molecule has 0 spiro atoms. The van der Waals surface area contributed by atoms with E-state index in [0.717, 1.165) is 0 Å². The van der Waals surface area contributed by atoms with Crippen molar-refractivity contribution in [3.63, 3.8) is 0 Å². The standard InChI is InChI=1S/C28H43NO9/c1-16(2)11-22(30)37-20-10-9-19(13-21(20)38-23(31)12-17(3)4)24(25(29)26(32)33)18(5)14-35-27(34)36-15-28(6,7)8/h9-10,13,16-18,24-25H,11-12,14-15,29H2,1-8H3,(H,32,33)/t18?,24?,25-/m0/s1. The second kappa shape index (κ2) is 14.7. The van der Waals surface area contributed by atoms with Crippen molar-refractivity contribution in [1.82, 2.24) is 0 Å². The molecule has 0 bridgehead atoms. The largest absolute Gasteiger partial charge is 0.508 e. The van der Waals surface area contributed by atoms with Crippen LogP contribution in [0.3, 0.4) is 0 Å². The van der Waals surface area contributed by atoms with Crippen molar-refractivity contribution in [3.8, 4) is 11.5 Å². The summed E-state index contributed by atoms with van der Waals surface area (Å²) in [7, 11) is 0. The lowest BCUT2D eigenvalue weighted by Gasteiger charge is -2.28. The van der Waals surface area contributed by atoms with E-state index in [0.29, 0.717) is 5.56 Å². The number of benzene rings is 1. The maximum Gasteiger partial charge on any atom is 0.508 e. The van der Waals surface area contributed by atoms with Gasteiger partial charge in [-0.15, -0.1) is 0 Å². The molecular weight excluding hydrogens is 494 g/mol. The minimum atomic E-state index is -1.37. The number of esters is 2. The van der Waals surface area contributed by atoms with Gasteiger partial charge < -0.3 is 29.8 Å². The highest BCUT2D eigenvalue weighted by atomic mass is 16.7. The monoisotopic (exact) mass is 537 g/mol. The van der Waals surface area contributed by atoms with Crippen molar-refractivity contribution >= 4 is 24.1 Å². The molecule has 38 heavy (non-hydrogen) atoms. The Kier molecular flexibility index (Phi) is 12.7. The summed E-state index contributed by atoms with van der Waals surface area (Å²) in [6.45, 7) is 14.8. The smallest absolute Gasteiger partial charge is 0.480 e. The molecule has 10 heteroatoms. The molecule has 0 saturated heterocycles. The summed E-state index contributed by atoms with van der Waals surface area (Å²) >= 11 is 0. The van der Waals surface area contributed by atoms with Crippen molar-refractivity contribution in [3.05, 3.63) is 23.8 Å². The molecule has 0 fully saturated rings. The predicted molar refractivity (Wildman–Crippen MR) is 141 cm³/mol. The van der Waals surface area contributed by atoms with Crippen LogP contribution in [0.4, 0.5) is 4.79 Å². The number of hydrogen-bond acceptors (Lipinski definition) is 9. The van der Waals surface area contributed by atoms with E-state index in [1.165, 1.54) is 12.1 Å². The van der Waals surface area contributed by atoms with Gasteiger partial charge in [0.1, 0.15) is 6.04 Å². The zero-order valence-corrected chi connectivity index (χ0v) is 23.7. The van der Waals surface area contributed by atoms with Gasteiger partial charge in [-0.1, -0.05) is 61.5 Å². The normalized spacial score (nSPS) is 14.0. The van der Waals surface area contributed by atoms with Crippen LogP contribution in [0.25, 0.3) is 0 Å². The zero-order chi connectivity index (χ0) is 29.2. The summed E-state index contributed by atoms with van der Waals surface area (Å²) in [6, 6.07) is 3.07. The first-order chi connectivity index (χ1) is 17.5. The van der Waals surface area contributed by atoms with E-state index in [1.54, 1.807) is 13.0 Å². The van der Waals surface area contributed by atoms with Crippen molar-refractivity contribution in [2.24, 2.45) is 28.9 Å². The molecule has 0 aliphatic carbocycles. The first kappa shape index (κ1) is 32.9. The molecule has 0 aliphatic heterocycles. The van der Waals surface area contributed by atoms with Gasteiger partial charge in [0, 0.05) is 18.8 Å². The lowest BCUT2D eigenvalue weighted by atomic mass is 9.82. The number of carboxylic acid groups (broad SMARTS) is 1. The van der Waals surface area contributed by atoms with E-state index < -0.39 is 41.9 Å². The molecule has 0 saturated carbocycles. The maximum atomic E-state index is 12.5. The fourth-order valence-electron chi connectivity index (χ4n) is 3.56. The highest BCUT2D eigenvalue weighted by Crippen LogP contribution is 2.36. The van der Waals surface area contributed by atoms with Crippen LogP contribution in [0.5, 0.6) is 11.5 Å². The van der Waals surface area contributed by atoms with Crippen LogP contribution in [0.2, 0.25) is 0 Å². The SMILES string of the molecule is CC(C)CC(=O)Oc1ccc(C(C(C)COC(=O)OCC(C)(C)C)[C@H](N)C(=O)O)cc1OC(=O)CC(C)C. The average Bonchev–Trinajstić information content (AvgIpc) is 2.76. The minimum absolute atomic E-state index is 0.0226. The van der Waals surface area contributed by atoms with Crippen LogP contribution in [0.15, 0.2) is 18.2 Å². The van der Waals surface area contributed by atoms with Crippen LogP contribution < -0.4 is 15.2 Å². The van der Waals surface area contributed by atoms with E-state index >= 15 is 0 Å². The Balaban J connectivity index is 3.29. The second-order valence-corrected chi connectivity index (χ2v) is 11.6. The fourth-order valence-corrected chi connectivity index (χ4v) is 3.56. The summed E-state index contributed by atoms with van der Waals surface area (Å²) in [5.74, 6) is -3.59. The van der Waals surface area contributed by atoms with Crippen molar-refractivity contribution in [2.45, 2.75) is 80.2 Å². The Bertz CT molecular complexity index is 966. The minimum Gasteiger partial charge on any atom is -0.480 e. The summed E-state index contributed by atoms with van der Waals surface area (Å²) in [6.07, 6.45) is -0.583. The third-order valence-electron chi connectivity index (χ3n) is 5.32. The van der Waals surface area contributed by atoms with Gasteiger partial charge in [-0.25, -0.2) is 4.79 Å². The molecule has 1 aromatic carbocycles. The molecule has 1 aromatic rings. The number of carbonyl (C=O) groups is 4. The molecule has 3 N–H and O–H groups in total. The van der Waals surface area contributed by atoms with Crippen molar-refractivity contribution < 1.29 is 43.2 Å². The highest BCUT2D eigenvalue weighted by Gasteiger charge is 2.33. The Hall–Kier alpha value is -3.14. The Morgan fingerprint density at radius 2 is 1.39 bits per heavy atom. The fraction of sp³-hybridized carbons (Fsp3) is 0.643. The Morgan fingerprint density at radius 3 is 1.87 bits per heavy atom. The van der Waals surface area contributed by atoms with E-state index in [1.807, 2.05) is 48.5 Å². The number of carboxylic acids is 1. The van der Waals surface area contributed by atoms with Gasteiger partial charge in [-0.2, -0.15) is 0 Å². The van der Waals surface area contributed by atoms with E-state index in [9.17, 15) is 24.3 Å². The van der Waals surface area contributed by atoms with E-state index in [2.05, 4.69) is 0 Å². The van der Waals surface area contributed by atoms with Gasteiger partial charge in [-0.3, -0.25) is 14.4 Å². The third-order valence-corrected chi connectivity index (χ3v) is 5.32. The summed E-state index contributed by atoms with van der Waals surface area (Å²) in [5.41, 5.74) is 6.21. The molecular formula is C28H43NO9. The van der Waals surface area contributed by atoms with Crippen LogP contribution >= 0.6 is 0 Å². The van der Waals surface area contributed by atoms with Gasteiger partial charge in [0.2, 0.25) is 0 Å².